The Morgan fingerprint density at radius 3 is 2.73 bits per heavy atom. The highest BCUT2D eigenvalue weighted by atomic mass is 16.5. The summed E-state index contributed by atoms with van der Waals surface area (Å²) in [6.07, 6.45) is 5.11. The number of benzene rings is 1. The number of pyridine rings is 1. The molecule has 0 unspecified atom stereocenters. The number of hydrogen-bond donors (Lipinski definition) is 0. The lowest BCUT2D eigenvalue weighted by molar-refractivity contribution is 0.0437. The van der Waals surface area contributed by atoms with Crippen LogP contribution in [0.15, 0.2) is 77.7 Å². The minimum atomic E-state index is -0.562. The molecule has 4 rings (SSSR count). The summed E-state index contributed by atoms with van der Waals surface area (Å²) in [6.45, 7) is -0.00165. The second-order valence-electron chi connectivity index (χ2n) is 5.74. The topological polar surface area (TPSA) is 67.6 Å². The summed E-state index contributed by atoms with van der Waals surface area (Å²) < 4.78 is 12.6. The van der Waals surface area contributed by atoms with Crippen molar-refractivity contribution in [1.82, 2.24) is 4.40 Å². The largest absolute Gasteiger partial charge is 0.457 e. The fraction of sp³-hybridized carbons (Fsp3) is 0.0476. The molecule has 0 amide bonds. The Bertz CT molecular complexity index is 1120. The number of rotatable bonds is 4. The van der Waals surface area contributed by atoms with Gasteiger partial charge in [-0.15, -0.1) is 0 Å². The van der Waals surface area contributed by atoms with Crippen LogP contribution >= 0.6 is 0 Å². The first-order valence-electron chi connectivity index (χ1n) is 8.06. The normalized spacial score (nSPS) is 10.6. The fourth-order valence-electron chi connectivity index (χ4n) is 2.94. The van der Waals surface area contributed by atoms with E-state index in [0.717, 1.165) is 11.1 Å². The van der Waals surface area contributed by atoms with Crippen molar-refractivity contribution in [3.63, 3.8) is 0 Å². The van der Waals surface area contributed by atoms with Crippen LogP contribution in [0.4, 0.5) is 0 Å². The monoisotopic (exact) mass is 342 g/mol. The van der Waals surface area contributed by atoms with Gasteiger partial charge in [0.05, 0.1) is 17.3 Å². The Morgan fingerprint density at radius 2 is 1.92 bits per heavy atom. The van der Waals surface area contributed by atoms with E-state index in [1.165, 1.54) is 6.26 Å². The summed E-state index contributed by atoms with van der Waals surface area (Å²) in [6, 6.07) is 19.0. The average Bonchev–Trinajstić information content (AvgIpc) is 3.31. The maximum Gasteiger partial charge on any atom is 0.375 e. The smallest absolute Gasteiger partial charge is 0.375 e. The van der Waals surface area contributed by atoms with Crippen LogP contribution in [-0.4, -0.2) is 10.4 Å². The highest BCUT2D eigenvalue weighted by Crippen LogP contribution is 2.26. The van der Waals surface area contributed by atoms with E-state index in [2.05, 4.69) is 6.07 Å². The molecule has 0 aliphatic carbocycles. The predicted octanol–water partition coefficient (Wildman–Crippen LogP) is 4.43. The van der Waals surface area contributed by atoms with Gasteiger partial charge in [-0.05, 0) is 23.8 Å². The van der Waals surface area contributed by atoms with Crippen LogP contribution in [0.3, 0.4) is 0 Å². The number of nitrogens with zero attached hydrogens (tertiary/aromatic N) is 2. The lowest BCUT2D eigenvalue weighted by Gasteiger charge is -2.04. The van der Waals surface area contributed by atoms with Gasteiger partial charge < -0.3 is 13.6 Å². The molecule has 0 N–H and O–H groups in total. The molecule has 0 aliphatic heterocycles. The average molecular weight is 342 g/mol. The summed E-state index contributed by atoms with van der Waals surface area (Å²) in [5.74, 6) is -0.411. The van der Waals surface area contributed by atoms with Gasteiger partial charge in [0.2, 0.25) is 5.76 Å². The van der Waals surface area contributed by atoms with Gasteiger partial charge in [-0.2, -0.15) is 5.26 Å². The standard InChI is InChI=1S/C21H14N2O3/c22-12-18-16(13-23-10-5-4-8-19(18)23)14-26-21(24)20-17(9-11-25-20)15-6-2-1-3-7-15/h1-11,13H,14H2. The Kier molecular flexibility index (Phi) is 4.00. The molecule has 0 bridgehead atoms. The molecule has 1 aromatic carbocycles. The van der Waals surface area contributed by atoms with E-state index in [-0.39, 0.29) is 12.4 Å². The van der Waals surface area contributed by atoms with Crippen LogP contribution in [0.5, 0.6) is 0 Å². The van der Waals surface area contributed by atoms with Crippen molar-refractivity contribution in [1.29, 1.82) is 5.26 Å². The third kappa shape index (κ3) is 2.74. The third-order valence-corrected chi connectivity index (χ3v) is 4.17. The zero-order chi connectivity index (χ0) is 17.9. The number of aromatic nitrogens is 1. The Labute approximate surface area is 149 Å². The molecular weight excluding hydrogens is 328 g/mol. The van der Waals surface area contributed by atoms with E-state index in [0.29, 0.717) is 16.7 Å². The number of carbonyl (C=O) groups is 1. The summed E-state index contributed by atoms with van der Waals surface area (Å²) in [4.78, 5) is 12.5. The van der Waals surface area contributed by atoms with Crippen molar-refractivity contribution in [2.75, 3.05) is 0 Å². The van der Waals surface area contributed by atoms with E-state index >= 15 is 0 Å². The van der Waals surface area contributed by atoms with Gasteiger partial charge in [0.25, 0.3) is 0 Å². The molecule has 3 heterocycles. The quantitative estimate of drug-likeness (QED) is 0.515. The Balaban J connectivity index is 1.58. The van der Waals surface area contributed by atoms with Crippen LogP contribution in [0.2, 0.25) is 0 Å². The van der Waals surface area contributed by atoms with Gasteiger partial charge in [0.15, 0.2) is 0 Å². The second kappa shape index (κ2) is 6.61. The highest BCUT2D eigenvalue weighted by Gasteiger charge is 2.19. The van der Waals surface area contributed by atoms with Gasteiger partial charge in [0, 0.05) is 23.5 Å². The van der Waals surface area contributed by atoms with Gasteiger partial charge in [-0.3, -0.25) is 0 Å². The van der Waals surface area contributed by atoms with Crippen molar-refractivity contribution >= 4 is 11.5 Å². The van der Waals surface area contributed by atoms with Crippen molar-refractivity contribution in [3.8, 4) is 17.2 Å². The zero-order valence-electron chi connectivity index (χ0n) is 13.8. The van der Waals surface area contributed by atoms with Crippen molar-refractivity contribution in [2.45, 2.75) is 6.61 Å². The number of ether oxygens (including phenoxy) is 1. The molecule has 0 saturated carbocycles. The van der Waals surface area contributed by atoms with Gasteiger partial charge >= 0.3 is 5.97 Å². The Hall–Kier alpha value is -3.78. The van der Waals surface area contributed by atoms with E-state index < -0.39 is 5.97 Å². The number of esters is 1. The molecule has 5 heteroatoms. The number of furan rings is 1. The number of nitriles is 1. The molecule has 0 fully saturated rings. The van der Waals surface area contributed by atoms with Crippen LogP contribution in [0.1, 0.15) is 21.7 Å². The minimum Gasteiger partial charge on any atom is -0.457 e. The maximum atomic E-state index is 12.5. The van der Waals surface area contributed by atoms with Crippen molar-refractivity contribution < 1.29 is 13.9 Å². The van der Waals surface area contributed by atoms with Gasteiger partial charge in [0.1, 0.15) is 12.7 Å². The summed E-state index contributed by atoms with van der Waals surface area (Å²) >= 11 is 0. The van der Waals surface area contributed by atoms with Crippen LogP contribution in [-0.2, 0) is 11.3 Å². The first kappa shape index (κ1) is 15.7. The molecule has 4 aromatic rings. The molecule has 5 nitrogen and oxygen atoms in total. The molecule has 0 radical (unpaired) electrons. The van der Waals surface area contributed by atoms with Crippen LogP contribution in [0, 0.1) is 11.3 Å². The highest BCUT2D eigenvalue weighted by molar-refractivity contribution is 5.94. The molecule has 126 valence electrons. The molecule has 26 heavy (non-hydrogen) atoms. The molecule has 3 aromatic heterocycles. The summed E-state index contributed by atoms with van der Waals surface area (Å²) in [5, 5.41) is 9.43. The van der Waals surface area contributed by atoms with E-state index in [4.69, 9.17) is 9.15 Å². The summed E-state index contributed by atoms with van der Waals surface area (Å²) in [7, 11) is 0. The van der Waals surface area contributed by atoms with Crippen molar-refractivity contribution in [3.05, 3.63) is 90.1 Å². The molecule has 0 saturated heterocycles. The lowest BCUT2D eigenvalue weighted by Crippen LogP contribution is -2.05. The molecule has 0 aliphatic rings. The number of fused-ring (bicyclic) bond motifs is 1. The van der Waals surface area contributed by atoms with Crippen LogP contribution in [0.25, 0.3) is 16.6 Å². The van der Waals surface area contributed by atoms with Gasteiger partial charge in [-0.1, -0.05) is 36.4 Å². The number of hydrogen-bond acceptors (Lipinski definition) is 4. The van der Waals surface area contributed by atoms with Crippen LogP contribution < -0.4 is 0 Å². The Morgan fingerprint density at radius 1 is 1.12 bits per heavy atom. The van der Waals surface area contributed by atoms with E-state index in [9.17, 15) is 10.1 Å². The lowest BCUT2D eigenvalue weighted by atomic mass is 10.1. The molecule has 0 atom stereocenters. The van der Waals surface area contributed by atoms with E-state index in [1.54, 1.807) is 12.3 Å². The number of carbonyl (C=O) groups excluding carboxylic acids is 1. The van der Waals surface area contributed by atoms with Gasteiger partial charge in [-0.25, -0.2) is 4.79 Å². The fourth-order valence-corrected chi connectivity index (χ4v) is 2.94. The maximum absolute atomic E-state index is 12.5. The van der Waals surface area contributed by atoms with Crippen molar-refractivity contribution in [2.24, 2.45) is 0 Å². The second-order valence-corrected chi connectivity index (χ2v) is 5.74. The SMILES string of the molecule is N#Cc1c(COC(=O)c2occc2-c2ccccc2)cn2ccccc12. The zero-order valence-corrected chi connectivity index (χ0v) is 13.8. The third-order valence-electron chi connectivity index (χ3n) is 4.17. The summed E-state index contributed by atoms with van der Waals surface area (Å²) in [5.41, 5.74) is 3.49. The minimum absolute atomic E-state index is 0.00165. The predicted molar refractivity (Wildman–Crippen MR) is 95.4 cm³/mol. The molecular formula is C21H14N2O3. The van der Waals surface area contributed by atoms with E-state index in [1.807, 2.05) is 59.1 Å². The first-order chi connectivity index (χ1) is 12.8. The first-order valence-corrected chi connectivity index (χ1v) is 8.06. The molecule has 0 spiro atoms.